The molecule has 3 N–H and O–H groups in total. The molecule has 1 aromatic carbocycles. The molecule has 0 unspecified atom stereocenters. The zero-order valence-corrected chi connectivity index (χ0v) is 9.68. The number of rotatable bonds is 1. The Morgan fingerprint density at radius 2 is 2.21 bits per heavy atom. The van der Waals surface area contributed by atoms with E-state index in [1.54, 1.807) is 0 Å². The third-order valence-electron chi connectivity index (χ3n) is 2.73. The molecule has 0 radical (unpaired) electrons. The molecule has 1 atom stereocenters. The molecule has 2 rings (SSSR count). The molecule has 0 aliphatic carbocycles. The number of hydrogen-bond donors (Lipinski definition) is 2. The Morgan fingerprint density at radius 1 is 1.36 bits per heavy atom. The van der Waals surface area contributed by atoms with Gasteiger partial charge in [0.2, 0.25) is 0 Å². The van der Waals surface area contributed by atoms with Crippen LogP contribution in [0.5, 0.6) is 0 Å². The van der Waals surface area contributed by atoms with E-state index in [-0.39, 0.29) is 0 Å². The Kier molecular flexibility index (Phi) is 3.08. The first kappa shape index (κ1) is 9.99. The molecular weight excluding hydrogens is 240 g/mol. The zero-order valence-electron chi connectivity index (χ0n) is 8.09. The molecule has 0 aromatic heterocycles. The van der Waals surface area contributed by atoms with Gasteiger partial charge in [-0.1, -0.05) is 12.5 Å². The smallest absolute Gasteiger partial charge is 0.0461 e. The molecule has 0 bridgehead atoms. The van der Waals surface area contributed by atoms with Crippen LogP contribution in [0.15, 0.2) is 22.7 Å². The average molecular weight is 255 g/mol. The van der Waals surface area contributed by atoms with Crippen molar-refractivity contribution in [3.8, 4) is 0 Å². The van der Waals surface area contributed by atoms with E-state index in [0.29, 0.717) is 6.04 Å². The van der Waals surface area contributed by atoms with Crippen LogP contribution in [0.4, 0.5) is 5.69 Å². The number of nitrogens with two attached hydrogens (primary N) is 1. The maximum Gasteiger partial charge on any atom is 0.0461 e. The standard InChI is InChI=1S/C11H15BrN2/c12-9-5-4-8(7-10(9)13)11-3-1-2-6-14-11/h4-5,7,11,14H,1-3,6,13H2/t11-/m1/s1. The third kappa shape index (κ3) is 2.10. The van der Waals surface area contributed by atoms with Crippen LogP contribution in [0.1, 0.15) is 30.9 Å². The summed E-state index contributed by atoms with van der Waals surface area (Å²) in [6.45, 7) is 1.13. The van der Waals surface area contributed by atoms with Gasteiger partial charge in [-0.2, -0.15) is 0 Å². The number of halogens is 1. The molecule has 0 spiro atoms. The van der Waals surface area contributed by atoms with Crippen molar-refractivity contribution in [1.82, 2.24) is 5.32 Å². The Hall–Kier alpha value is -0.540. The van der Waals surface area contributed by atoms with Gasteiger partial charge in [0.25, 0.3) is 0 Å². The van der Waals surface area contributed by atoms with Gasteiger partial charge < -0.3 is 11.1 Å². The lowest BCUT2D eigenvalue weighted by Crippen LogP contribution is -2.26. The summed E-state index contributed by atoms with van der Waals surface area (Å²) < 4.78 is 0.983. The maximum absolute atomic E-state index is 5.85. The van der Waals surface area contributed by atoms with Crippen molar-refractivity contribution >= 4 is 21.6 Å². The van der Waals surface area contributed by atoms with Gasteiger partial charge in [0, 0.05) is 16.2 Å². The van der Waals surface area contributed by atoms with Crippen molar-refractivity contribution in [3.63, 3.8) is 0 Å². The first-order valence-corrected chi connectivity index (χ1v) is 5.85. The van der Waals surface area contributed by atoms with E-state index in [1.165, 1.54) is 24.8 Å². The van der Waals surface area contributed by atoms with Gasteiger partial charge in [-0.25, -0.2) is 0 Å². The van der Waals surface area contributed by atoms with Crippen molar-refractivity contribution in [3.05, 3.63) is 28.2 Å². The molecule has 1 aromatic rings. The molecule has 14 heavy (non-hydrogen) atoms. The highest BCUT2D eigenvalue weighted by molar-refractivity contribution is 9.10. The highest BCUT2D eigenvalue weighted by Crippen LogP contribution is 2.27. The normalized spacial score (nSPS) is 22.2. The van der Waals surface area contributed by atoms with Gasteiger partial charge in [-0.3, -0.25) is 0 Å². The van der Waals surface area contributed by atoms with Gasteiger partial charge in [0.1, 0.15) is 0 Å². The van der Waals surface area contributed by atoms with E-state index in [1.807, 2.05) is 6.07 Å². The third-order valence-corrected chi connectivity index (χ3v) is 3.45. The summed E-state index contributed by atoms with van der Waals surface area (Å²) in [6.07, 6.45) is 3.83. The Morgan fingerprint density at radius 3 is 2.86 bits per heavy atom. The highest BCUT2D eigenvalue weighted by Gasteiger charge is 2.14. The van der Waals surface area contributed by atoms with E-state index < -0.39 is 0 Å². The lowest BCUT2D eigenvalue weighted by atomic mass is 9.97. The fourth-order valence-electron chi connectivity index (χ4n) is 1.92. The molecule has 1 saturated heterocycles. The van der Waals surface area contributed by atoms with Gasteiger partial charge in [-0.15, -0.1) is 0 Å². The highest BCUT2D eigenvalue weighted by atomic mass is 79.9. The fourth-order valence-corrected chi connectivity index (χ4v) is 2.16. The quantitative estimate of drug-likeness (QED) is 0.757. The largest absolute Gasteiger partial charge is 0.398 e. The second kappa shape index (κ2) is 4.32. The summed E-state index contributed by atoms with van der Waals surface area (Å²) in [5.74, 6) is 0. The molecule has 3 heteroatoms. The predicted molar refractivity (Wildman–Crippen MR) is 63.1 cm³/mol. The van der Waals surface area contributed by atoms with Crippen LogP contribution in [0.25, 0.3) is 0 Å². The minimum atomic E-state index is 0.499. The van der Waals surface area contributed by atoms with E-state index in [9.17, 15) is 0 Å². The van der Waals surface area contributed by atoms with Crippen LogP contribution in [0.3, 0.4) is 0 Å². The second-order valence-corrected chi connectivity index (χ2v) is 4.64. The van der Waals surface area contributed by atoms with Gasteiger partial charge in [-0.05, 0) is 53.0 Å². The molecule has 1 aliphatic heterocycles. The monoisotopic (exact) mass is 254 g/mol. The first-order chi connectivity index (χ1) is 6.77. The summed E-state index contributed by atoms with van der Waals surface area (Å²) in [5.41, 5.74) is 7.99. The lowest BCUT2D eigenvalue weighted by molar-refractivity contribution is 0.412. The Balaban J connectivity index is 2.18. The van der Waals surface area contributed by atoms with Crippen molar-refractivity contribution in [2.24, 2.45) is 0 Å². The number of nitrogen functional groups attached to an aromatic ring is 1. The van der Waals surface area contributed by atoms with E-state index in [4.69, 9.17) is 5.73 Å². The zero-order chi connectivity index (χ0) is 9.97. The fraction of sp³-hybridized carbons (Fsp3) is 0.455. The van der Waals surface area contributed by atoms with Crippen LogP contribution in [0.2, 0.25) is 0 Å². The van der Waals surface area contributed by atoms with Crippen molar-refractivity contribution in [1.29, 1.82) is 0 Å². The van der Waals surface area contributed by atoms with Crippen LogP contribution in [-0.4, -0.2) is 6.54 Å². The molecular formula is C11H15BrN2. The molecule has 1 aliphatic rings. The molecule has 0 amide bonds. The van der Waals surface area contributed by atoms with Crippen LogP contribution in [0, 0.1) is 0 Å². The number of piperidine rings is 1. The molecule has 0 saturated carbocycles. The molecule has 1 fully saturated rings. The van der Waals surface area contributed by atoms with Crippen LogP contribution in [-0.2, 0) is 0 Å². The SMILES string of the molecule is Nc1cc([C@H]2CCCCN2)ccc1Br. The maximum atomic E-state index is 5.85. The van der Waals surface area contributed by atoms with Crippen molar-refractivity contribution < 1.29 is 0 Å². The summed E-state index contributed by atoms with van der Waals surface area (Å²) >= 11 is 3.41. The Labute approximate surface area is 93.0 Å². The lowest BCUT2D eigenvalue weighted by Gasteiger charge is -2.24. The van der Waals surface area contributed by atoms with Crippen molar-refractivity contribution in [2.45, 2.75) is 25.3 Å². The average Bonchev–Trinajstić information content (AvgIpc) is 2.23. The van der Waals surface area contributed by atoms with E-state index in [2.05, 4.69) is 33.4 Å². The van der Waals surface area contributed by atoms with Crippen LogP contribution >= 0.6 is 15.9 Å². The van der Waals surface area contributed by atoms with E-state index in [0.717, 1.165) is 16.7 Å². The van der Waals surface area contributed by atoms with Gasteiger partial charge in [0.15, 0.2) is 0 Å². The summed E-state index contributed by atoms with van der Waals surface area (Å²) in [4.78, 5) is 0. The number of anilines is 1. The molecule has 2 nitrogen and oxygen atoms in total. The van der Waals surface area contributed by atoms with E-state index >= 15 is 0 Å². The van der Waals surface area contributed by atoms with Gasteiger partial charge in [0.05, 0.1) is 0 Å². The number of hydrogen-bond acceptors (Lipinski definition) is 2. The Bertz CT molecular complexity index is 319. The molecule has 76 valence electrons. The summed E-state index contributed by atoms with van der Waals surface area (Å²) in [6, 6.07) is 6.73. The topological polar surface area (TPSA) is 38.0 Å². The van der Waals surface area contributed by atoms with Gasteiger partial charge >= 0.3 is 0 Å². The minimum absolute atomic E-state index is 0.499. The predicted octanol–water partition coefficient (Wildman–Crippen LogP) is 2.85. The minimum Gasteiger partial charge on any atom is -0.398 e. The van der Waals surface area contributed by atoms with Crippen LogP contribution < -0.4 is 11.1 Å². The molecule has 1 heterocycles. The van der Waals surface area contributed by atoms with Crippen molar-refractivity contribution in [2.75, 3.05) is 12.3 Å². The first-order valence-electron chi connectivity index (χ1n) is 5.05. The number of benzene rings is 1. The second-order valence-electron chi connectivity index (χ2n) is 3.78. The number of nitrogens with one attached hydrogen (secondary N) is 1. The summed E-state index contributed by atoms with van der Waals surface area (Å²) in [7, 11) is 0. The summed E-state index contributed by atoms with van der Waals surface area (Å²) in [5, 5.41) is 3.51.